The number of carbonyl (C=O) groups excluding carboxylic acids is 1. The molecule has 2 rings (SSSR count). The third-order valence-electron chi connectivity index (χ3n) is 5.27. The van der Waals surface area contributed by atoms with Gasteiger partial charge in [-0.3, -0.25) is 9.48 Å². The summed E-state index contributed by atoms with van der Waals surface area (Å²) in [4.78, 5) is 13.1. The number of rotatable bonds is 8. The molecule has 1 unspecified atom stereocenters. The van der Waals surface area contributed by atoms with Gasteiger partial charge in [0.05, 0.1) is 16.5 Å². The van der Waals surface area contributed by atoms with Crippen LogP contribution in [-0.2, 0) is 15.6 Å². The Hall–Kier alpha value is -2.19. The van der Waals surface area contributed by atoms with Crippen molar-refractivity contribution in [2.24, 2.45) is 0 Å². The third-order valence-corrected chi connectivity index (χ3v) is 7.33. The van der Waals surface area contributed by atoms with Crippen molar-refractivity contribution in [2.45, 2.75) is 77.8 Å². The number of benzene rings is 1. The van der Waals surface area contributed by atoms with E-state index in [2.05, 4.69) is 45.0 Å². The smallest absolute Gasteiger partial charge is 0.272 e. The van der Waals surface area contributed by atoms with Crippen molar-refractivity contribution in [1.82, 2.24) is 19.4 Å². The summed E-state index contributed by atoms with van der Waals surface area (Å²) in [5.41, 5.74) is 1.99. The summed E-state index contributed by atoms with van der Waals surface area (Å²) >= 11 is 0. The minimum absolute atomic E-state index is 0.226. The number of hydrogen-bond donors (Lipinski definition) is 1. The topological polar surface area (TPSA) is 84.3 Å². The van der Waals surface area contributed by atoms with Crippen LogP contribution in [0.1, 0.15) is 89.1 Å². The molecule has 1 amide bonds. The van der Waals surface area contributed by atoms with E-state index in [1.807, 2.05) is 31.5 Å². The Balaban J connectivity index is 2.21. The molecule has 0 aliphatic heterocycles. The molecule has 8 heteroatoms. The van der Waals surface area contributed by atoms with Crippen LogP contribution in [0, 0.1) is 0 Å². The van der Waals surface area contributed by atoms with Crippen LogP contribution in [0.25, 0.3) is 0 Å². The number of aromatic nitrogens is 2. The van der Waals surface area contributed by atoms with E-state index in [0.717, 1.165) is 11.3 Å². The molecule has 0 spiro atoms. The van der Waals surface area contributed by atoms with Gasteiger partial charge in [0.25, 0.3) is 5.91 Å². The first-order valence-electron chi connectivity index (χ1n) is 10.8. The predicted molar refractivity (Wildman–Crippen MR) is 124 cm³/mol. The first-order valence-corrected chi connectivity index (χ1v) is 12.3. The minimum Gasteiger partial charge on any atom is -0.344 e. The number of amides is 1. The van der Waals surface area contributed by atoms with Crippen molar-refractivity contribution in [2.75, 3.05) is 13.1 Å². The normalized spacial score (nSPS) is 13.6. The van der Waals surface area contributed by atoms with Gasteiger partial charge in [0.15, 0.2) is 0 Å². The molecule has 1 N–H and O–H groups in total. The highest BCUT2D eigenvalue weighted by Crippen LogP contribution is 2.24. The van der Waals surface area contributed by atoms with E-state index < -0.39 is 10.0 Å². The third kappa shape index (κ3) is 5.54. The number of sulfonamides is 1. The Labute approximate surface area is 186 Å². The molecule has 0 saturated heterocycles. The van der Waals surface area contributed by atoms with Crippen LogP contribution in [-0.4, -0.2) is 41.5 Å². The average Bonchev–Trinajstić information content (AvgIpc) is 3.15. The summed E-state index contributed by atoms with van der Waals surface area (Å²) in [7, 11) is -3.50. The SMILES string of the molecule is CCN(CC)S(=O)(=O)c1ccc(C(C)NC(=O)c2cc(C(C)C)n(C(C)(C)C)n2)cc1. The van der Waals surface area contributed by atoms with Crippen molar-refractivity contribution < 1.29 is 13.2 Å². The first kappa shape index (κ1) is 25.1. The maximum Gasteiger partial charge on any atom is 0.272 e. The van der Waals surface area contributed by atoms with E-state index in [-0.39, 0.29) is 28.3 Å². The van der Waals surface area contributed by atoms with Crippen molar-refractivity contribution in [3.8, 4) is 0 Å². The largest absolute Gasteiger partial charge is 0.344 e. The maximum absolute atomic E-state index is 12.8. The van der Waals surface area contributed by atoms with Gasteiger partial charge in [-0.15, -0.1) is 0 Å². The predicted octanol–water partition coefficient (Wildman–Crippen LogP) is 4.28. The van der Waals surface area contributed by atoms with Crippen molar-refractivity contribution in [1.29, 1.82) is 0 Å². The van der Waals surface area contributed by atoms with Crippen molar-refractivity contribution >= 4 is 15.9 Å². The van der Waals surface area contributed by atoms with Crippen LogP contribution < -0.4 is 5.32 Å². The number of hydrogen-bond acceptors (Lipinski definition) is 4. The first-order chi connectivity index (χ1) is 14.3. The van der Waals surface area contributed by atoms with Crippen molar-refractivity contribution in [3.05, 3.63) is 47.3 Å². The zero-order valence-electron chi connectivity index (χ0n) is 19.9. The summed E-state index contributed by atoms with van der Waals surface area (Å²) in [6.45, 7) is 16.7. The number of carbonyl (C=O) groups is 1. The molecule has 0 bridgehead atoms. The number of nitrogens with one attached hydrogen (secondary N) is 1. The van der Waals surface area contributed by atoms with Gasteiger partial charge >= 0.3 is 0 Å². The fourth-order valence-electron chi connectivity index (χ4n) is 3.45. The fraction of sp³-hybridized carbons (Fsp3) is 0.565. The quantitative estimate of drug-likeness (QED) is 0.653. The highest BCUT2D eigenvalue weighted by molar-refractivity contribution is 7.89. The second-order valence-corrected chi connectivity index (χ2v) is 11.0. The highest BCUT2D eigenvalue weighted by atomic mass is 32.2. The molecule has 0 saturated carbocycles. The minimum atomic E-state index is -3.50. The molecule has 0 aliphatic carbocycles. The van der Waals surface area contributed by atoms with Gasteiger partial charge in [-0.05, 0) is 57.4 Å². The Morgan fingerprint density at radius 1 is 1.10 bits per heavy atom. The molecule has 0 aliphatic rings. The lowest BCUT2D eigenvalue weighted by Crippen LogP contribution is -2.31. The van der Waals surface area contributed by atoms with Gasteiger partial charge in [0.1, 0.15) is 5.69 Å². The van der Waals surface area contributed by atoms with Crippen LogP contribution >= 0.6 is 0 Å². The molecule has 2 aromatic rings. The monoisotopic (exact) mass is 448 g/mol. The van der Waals surface area contributed by atoms with E-state index in [4.69, 9.17) is 0 Å². The molecule has 1 atom stereocenters. The molecule has 31 heavy (non-hydrogen) atoms. The Bertz CT molecular complexity index is 998. The second-order valence-electron chi connectivity index (χ2n) is 9.05. The molecule has 0 radical (unpaired) electrons. The zero-order chi connectivity index (χ0) is 23.6. The lowest BCUT2D eigenvalue weighted by molar-refractivity contribution is 0.0933. The lowest BCUT2D eigenvalue weighted by Gasteiger charge is -2.23. The number of nitrogens with zero attached hydrogens (tertiary/aromatic N) is 3. The maximum atomic E-state index is 12.8. The van der Waals surface area contributed by atoms with Crippen molar-refractivity contribution in [3.63, 3.8) is 0 Å². The molecule has 7 nitrogen and oxygen atoms in total. The van der Waals surface area contributed by atoms with Gasteiger partial charge in [-0.2, -0.15) is 9.40 Å². The van der Waals surface area contributed by atoms with Gasteiger partial charge in [0, 0.05) is 18.8 Å². The van der Waals surface area contributed by atoms with E-state index in [1.165, 1.54) is 4.31 Å². The van der Waals surface area contributed by atoms with Gasteiger partial charge < -0.3 is 5.32 Å². The van der Waals surface area contributed by atoms with E-state index in [0.29, 0.717) is 18.8 Å². The van der Waals surface area contributed by atoms with Crippen LogP contribution in [0.15, 0.2) is 35.2 Å². The van der Waals surface area contributed by atoms with Crippen LogP contribution in [0.5, 0.6) is 0 Å². The molecule has 1 aromatic carbocycles. The summed E-state index contributed by atoms with van der Waals surface area (Å²) in [6.07, 6.45) is 0. The van der Waals surface area contributed by atoms with Crippen LogP contribution in [0.2, 0.25) is 0 Å². The standard InChI is InChI=1S/C23H36N4O3S/c1-9-26(10-2)31(29,30)19-13-11-18(12-14-19)17(5)24-22(28)20-15-21(16(3)4)27(25-20)23(6,7)8/h11-17H,9-10H2,1-8H3,(H,24,28). The van der Waals surface area contributed by atoms with Gasteiger partial charge in [0.2, 0.25) is 10.0 Å². The zero-order valence-corrected chi connectivity index (χ0v) is 20.7. The van der Waals surface area contributed by atoms with E-state index in [9.17, 15) is 13.2 Å². The summed E-state index contributed by atoms with van der Waals surface area (Å²) in [5.74, 6) is -0.0109. The van der Waals surface area contributed by atoms with Gasteiger partial charge in [-0.25, -0.2) is 8.42 Å². The Kier molecular flexibility index (Phi) is 7.70. The second kappa shape index (κ2) is 9.53. The molecular weight excluding hydrogens is 412 g/mol. The Morgan fingerprint density at radius 2 is 1.65 bits per heavy atom. The summed E-state index contributed by atoms with van der Waals surface area (Å²) < 4.78 is 28.6. The van der Waals surface area contributed by atoms with Gasteiger partial charge in [-0.1, -0.05) is 39.8 Å². The van der Waals surface area contributed by atoms with Crippen LogP contribution in [0.3, 0.4) is 0 Å². The molecule has 0 fully saturated rings. The van der Waals surface area contributed by atoms with Crippen LogP contribution in [0.4, 0.5) is 0 Å². The summed E-state index contributed by atoms with van der Waals surface area (Å²) in [5, 5.41) is 7.53. The fourth-order valence-corrected chi connectivity index (χ4v) is 4.91. The molecule has 1 heterocycles. The van der Waals surface area contributed by atoms with E-state index >= 15 is 0 Å². The molecular formula is C23H36N4O3S. The molecule has 1 aromatic heterocycles. The average molecular weight is 449 g/mol. The highest BCUT2D eigenvalue weighted by Gasteiger charge is 2.25. The van der Waals surface area contributed by atoms with E-state index in [1.54, 1.807) is 24.3 Å². The Morgan fingerprint density at radius 3 is 2.06 bits per heavy atom. The lowest BCUT2D eigenvalue weighted by atomic mass is 10.1. The molecule has 172 valence electrons. The summed E-state index contributed by atoms with van der Waals surface area (Å²) in [6, 6.07) is 8.23.